The zero-order valence-electron chi connectivity index (χ0n) is 9.54. The van der Waals surface area contributed by atoms with E-state index in [2.05, 4.69) is 10.2 Å². The van der Waals surface area contributed by atoms with Crippen LogP contribution in [0.1, 0.15) is 12.2 Å². The van der Waals surface area contributed by atoms with E-state index in [1.165, 1.54) is 18.2 Å². The number of hydrogen-bond donors (Lipinski definition) is 1. The fourth-order valence-corrected chi connectivity index (χ4v) is 2.20. The number of nitro benzene ring substituents is 1. The lowest BCUT2D eigenvalue weighted by Gasteiger charge is -2.05. The van der Waals surface area contributed by atoms with Crippen LogP contribution < -0.4 is 5.73 Å². The maximum absolute atomic E-state index is 10.8. The van der Waals surface area contributed by atoms with E-state index in [0.717, 1.165) is 25.2 Å². The second-order valence-corrected chi connectivity index (χ2v) is 4.22. The third-order valence-corrected chi connectivity index (χ3v) is 3.10. The first-order chi connectivity index (χ1) is 8.66. The summed E-state index contributed by atoms with van der Waals surface area (Å²) in [4.78, 5) is 10.3. The lowest BCUT2D eigenvalue weighted by atomic mass is 10.1. The number of hydrogen-bond acceptors (Lipinski definition) is 5. The Hall–Kier alpha value is -2.44. The van der Waals surface area contributed by atoms with Gasteiger partial charge in [-0.2, -0.15) is 0 Å². The molecule has 0 amide bonds. The molecule has 1 aliphatic heterocycles. The molecule has 0 fully saturated rings. The fraction of sp³-hybridized carbons (Fsp3) is 0.273. The second kappa shape index (κ2) is 3.80. The molecule has 2 heterocycles. The van der Waals surface area contributed by atoms with Crippen LogP contribution in [0.25, 0.3) is 11.4 Å². The van der Waals surface area contributed by atoms with Crippen molar-refractivity contribution in [2.75, 3.05) is 5.73 Å². The van der Waals surface area contributed by atoms with Crippen molar-refractivity contribution in [2.45, 2.75) is 19.4 Å². The van der Waals surface area contributed by atoms with Crippen molar-refractivity contribution in [2.24, 2.45) is 0 Å². The van der Waals surface area contributed by atoms with E-state index in [1.54, 1.807) is 0 Å². The number of non-ortho nitro benzene ring substituents is 1. The van der Waals surface area contributed by atoms with Crippen LogP contribution in [0, 0.1) is 10.1 Å². The van der Waals surface area contributed by atoms with Crippen molar-refractivity contribution >= 4 is 11.4 Å². The van der Waals surface area contributed by atoms with Crippen LogP contribution in [0.4, 0.5) is 11.4 Å². The predicted octanol–water partition coefficient (Wildman–Crippen LogP) is 1.38. The molecule has 2 N–H and O–H groups in total. The number of nitrogens with zero attached hydrogens (tertiary/aromatic N) is 4. The molecule has 0 saturated heterocycles. The van der Waals surface area contributed by atoms with Crippen molar-refractivity contribution < 1.29 is 4.92 Å². The number of aryl methyl sites for hydroxylation is 1. The van der Waals surface area contributed by atoms with E-state index in [0.29, 0.717) is 17.1 Å². The first-order valence-electron chi connectivity index (χ1n) is 5.63. The van der Waals surface area contributed by atoms with Crippen molar-refractivity contribution in [1.29, 1.82) is 0 Å². The van der Waals surface area contributed by atoms with Gasteiger partial charge in [0.1, 0.15) is 5.82 Å². The number of aromatic nitrogens is 3. The molecule has 0 unspecified atom stereocenters. The normalized spacial score (nSPS) is 13.6. The van der Waals surface area contributed by atoms with E-state index in [4.69, 9.17) is 5.73 Å². The standard InChI is InChI=1S/C11H11N5O2/c12-9-4-3-7(16(17)18)6-8(9)11-14-13-10-2-1-5-15(10)11/h3-4,6H,1-2,5,12H2. The van der Waals surface area contributed by atoms with Crippen molar-refractivity contribution in [3.8, 4) is 11.4 Å². The number of anilines is 1. The van der Waals surface area contributed by atoms with Gasteiger partial charge in [0, 0.05) is 36.3 Å². The zero-order chi connectivity index (χ0) is 12.7. The highest BCUT2D eigenvalue weighted by molar-refractivity contribution is 5.74. The minimum Gasteiger partial charge on any atom is -0.398 e. The van der Waals surface area contributed by atoms with Gasteiger partial charge in [0.05, 0.1) is 4.92 Å². The molecule has 3 rings (SSSR count). The summed E-state index contributed by atoms with van der Waals surface area (Å²) >= 11 is 0. The number of fused-ring (bicyclic) bond motifs is 1. The molecule has 18 heavy (non-hydrogen) atoms. The molecule has 0 atom stereocenters. The minimum absolute atomic E-state index is 0.00884. The summed E-state index contributed by atoms with van der Waals surface area (Å²) in [5, 5.41) is 18.9. The molecule has 0 radical (unpaired) electrons. The number of nitrogens with two attached hydrogens (primary N) is 1. The van der Waals surface area contributed by atoms with Crippen LogP contribution >= 0.6 is 0 Å². The molecule has 92 valence electrons. The van der Waals surface area contributed by atoms with Crippen LogP contribution in [0.15, 0.2) is 18.2 Å². The van der Waals surface area contributed by atoms with Gasteiger partial charge < -0.3 is 10.3 Å². The Balaban J connectivity index is 2.16. The SMILES string of the molecule is Nc1ccc([N+](=O)[O-])cc1-c1nnc2n1CCC2. The van der Waals surface area contributed by atoms with Gasteiger partial charge in [0.2, 0.25) is 0 Å². The summed E-state index contributed by atoms with van der Waals surface area (Å²) < 4.78 is 1.97. The van der Waals surface area contributed by atoms with Gasteiger partial charge in [-0.3, -0.25) is 10.1 Å². The van der Waals surface area contributed by atoms with E-state index in [1.807, 2.05) is 4.57 Å². The molecule has 0 saturated carbocycles. The summed E-state index contributed by atoms with van der Waals surface area (Å²) in [7, 11) is 0. The van der Waals surface area contributed by atoms with E-state index >= 15 is 0 Å². The van der Waals surface area contributed by atoms with Gasteiger partial charge in [0.25, 0.3) is 5.69 Å². The van der Waals surface area contributed by atoms with Gasteiger partial charge in [-0.05, 0) is 12.5 Å². The van der Waals surface area contributed by atoms with Crippen LogP contribution in [0.5, 0.6) is 0 Å². The zero-order valence-corrected chi connectivity index (χ0v) is 9.54. The Kier molecular flexibility index (Phi) is 2.26. The molecule has 7 nitrogen and oxygen atoms in total. The number of rotatable bonds is 2. The smallest absolute Gasteiger partial charge is 0.270 e. The largest absolute Gasteiger partial charge is 0.398 e. The first kappa shape index (κ1) is 10.7. The predicted molar refractivity (Wildman–Crippen MR) is 64.8 cm³/mol. The topological polar surface area (TPSA) is 99.9 Å². The lowest BCUT2D eigenvalue weighted by Crippen LogP contribution is -2.00. The molecule has 0 bridgehead atoms. The van der Waals surface area contributed by atoms with Gasteiger partial charge in [0.15, 0.2) is 5.82 Å². The van der Waals surface area contributed by atoms with E-state index < -0.39 is 4.92 Å². The van der Waals surface area contributed by atoms with Gasteiger partial charge in [-0.25, -0.2) is 0 Å². The summed E-state index contributed by atoms with van der Waals surface area (Å²) in [5.74, 6) is 1.53. The van der Waals surface area contributed by atoms with Crippen molar-refractivity contribution in [3.63, 3.8) is 0 Å². The van der Waals surface area contributed by atoms with E-state index in [9.17, 15) is 10.1 Å². The lowest BCUT2D eigenvalue weighted by molar-refractivity contribution is -0.384. The Labute approximate surface area is 102 Å². The Morgan fingerprint density at radius 2 is 2.22 bits per heavy atom. The average Bonchev–Trinajstić information content (AvgIpc) is 2.91. The maximum atomic E-state index is 10.8. The third kappa shape index (κ3) is 1.52. The molecule has 1 aliphatic rings. The van der Waals surface area contributed by atoms with Crippen molar-refractivity contribution in [3.05, 3.63) is 34.1 Å². The fourth-order valence-electron chi connectivity index (χ4n) is 2.20. The van der Waals surface area contributed by atoms with Gasteiger partial charge in [-0.1, -0.05) is 0 Å². The quantitative estimate of drug-likeness (QED) is 0.489. The molecule has 0 aliphatic carbocycles. The molecule has 7 heteroatoms. The van der Waals surface area contributed by atoms with Crippen LogP contribution in [0.3, 0.4) is 0 Å². The Bertz CT molecular complexity index is 634. The average molecular weight is 245 g/mol. The number of nitro groups is 1. The molecular weight excluding hydrogens is 234 g/mol. The highest BCUT2D eigenvalue weighted by Gasteiger charge is 2.21. The Morgan fingerprint density at radius 3 is 3.00 bits per heavy atom. The summed E-state index contributed by atoms with van der Waals surface area (Å²) in [6.45, 7) is 0.833. The number of benzene rings is 1. The highest BCUT2D eigenvalue weighted by atomic mass is 16.6. The summed E-state index contributed by atoms with van der Waals surface area (Å²) in [5.41, 5.74) is 6.93. The summed E-state index contributed by atoms with van der Waals surface area (Å²) in [6.07, 6.45) is 1.91. The minimum atomic E-state index is -0.440. The Morgan fingerprint density at radius 1 is 1.39 bits per heavy atom. The molecule has 2 aromatic rings. The monoisotopic (exact) mass is 245 g/mol. The van der Waals surface area contributed by atoms with Crippen LogP contribution in [-0.2, 0) is 13.0 Å². The van der Waals surface area contributed by atoms with E-state index in [-0.39, 0.29) is 5.69 Å². The van der Waals surface area contributed by atoms with Crippen LogP contribution in [-0.4, -0.2) is 19.7 Å². The highest BCUT2D eigenvalue weighted by Crippen LogP contribution is 2.30. The van der Waals surface area contributed by atoms with Gasteiger partial charge >= 0.3 is 0 Å². The third-order valence-electron chi connectivity index (χ3n) is 3.10. The summed E-state index contributed by atoms with van der Waals surface area (Å²) in [6, 6.07) is 4.37. The number of nitrogen functional groups attached to an aromatic ring is 1. The molecule has 0 spiro atoms. The second-order valence-electron chi connectivity index (χ2n) is 4.22. The van der Waals surface area contributed by atoms with Gasteiger partial charge in [-0.15, -0.1) is 10.2 Å². The van der Waals surface area contributed by atoms with Crippen LogP contribution in [0.2, 0.25) is 0 Å². The maximum Gasteiger partial charge on any atom is 0.270 e. The first-order valence-corrected chi connectivity index (χ1v) is 5.63. The van der Waals surface area contributed by atoms with Crippen molar-refractivity contribution in [1.82, 2.24) is 14.8 Å². The molecule has 1 aromatic heterocycles. The molecule has 1 aromatic carbocycles. The molecular formula is C11H11N5O2.